The number of hydrogen-bond donors (Lipinski definition) is 1. The molecule has 0 aliphatic heterocycles. The molecule has 0 spiro atoms. The van der Waals surface area contributed by atoms with Crippen LogP contribution in [0.15, 0.2) is 59.7 Å². The fourth-order valence-electron chi connectivity index (χ4n) is 2.55. The van der Waals surface area contributed by atoms with Crippen molar-refractivity contribution in [3.63, 3.8) is 0 Å². The largest absolute Gasteiger partial charge is 0.348 e. The number of hydrogen-bond acceptors (Lipinski definition) is 4. The van der Waals surface area contributed by atoms with Crippen LogP contribution in [0.25, 0.3) is 33.5 Å². The van der Waals surface area contributed by atoms with Crippen molar-refractivity contribution in [1.29, 1.82) is 0 Å². The van der Waals surface area contributed by atoms with Crippen LogP contribution in [0.2, 0.25) is 0 Å². The van der Waals surface area contributed by atoms with Crippen LogP contribution in [0.1, 0.15) is 0 Å². The lowest BCUT2D eigenvalue weighted by Gasteiger charge is -2.10. The Bertz CT molecular complexity index is 1050. The molecule has 6 nitrogen and oxygen atoms in total. The highest BCUT2D eigenvalue weighted by Gasteiger charge is 2.10. The Kier molecular flexibility index (Phi) is 3.01. The van der Waals surface area contributed by atoms with E-state index in [2.05, 4.69) is 20.2 Å². The Morgan fingerprint density at radius 2 is 1.87 bits per heavy atom. The molecular weight excluding hydrogens is 290 g/mol. The fourth-order valence-corrected chi connectivity index (χ4v) is 2.55. The van der Waals surface area contributed by atoms with E-state index in [9.17, 15) is 4.79 Å². The third kappa shape index (κ3) is 2.30. The maximum Gasteiger partial charge on any atom is 0.348 e. The van der Waals surface area contributed by atoms with Crippen molar-refractivity contribution in [1.82, 2.24) is 24.7 Å². The van der Waals surface area contributed by atoms with Gasteiger partial charge in [0, 0.05) is 24.2 Å². The molecule has 0 saturated heterocycles. The first-order chi connectivity index (χ1) is 11.2. The van der Waals surface area contributed by atoms with Crippen LogP contribution >= 0.6 is 0 Å². The second-order valence-corrected chi connectivity index (χ2v) is 5.27. The first kappa shape index (κ1) is 13.4. The Labute approximate surface area is 131 Å². The highest BCUT2D eigenvalue weighted by Crippen LogP contribution is 2.24. The van der Waals surface area contributed by atoms with Gasteiger partial charge in [0.2, 0.25) is 0 Å². The number of fused-ring (bicyclic) bond motifs is 1. The van der Waals surface area contributed by atoms with Gasteiger partial charge in [0.1, 0.15) is 0 Å². The molecule has 4 aromatic rings. The zero-order valence-electron chi connectivity index (χ0n) is 12.4. The van der Waals surface area contributed by atoms with Crippen molar-refractivity contribution in [3.05, 3.63) is 65.3 Å². The van der Waals surface area contributed by atoms with Gasteiger partial charge >= 0.3 is 5.69 Å². The monoisotopic (exact) mass is 303 g/mol. The lowest BCUT2D eigenvalue weighted by atomic mass is 10.1. The van der Waals surface area contributed by atoms with Gasteiger partial charge in [0.15, 0.2) is 5.65 Å². The molecule has 3 aromatic heterocycles. The van der Waals surface area contributed by atoms with Crippen LogP contribution in [0.5, 0.6) is 0 Å². The number of rotatable bonds is 2. The summed E-state index contributed by atoms with van der Waals surface area (Å²) in [5.41, 5.74) is 3.58. The summed E-state index contributed by atoms with van der Waals surface area (Å²) in [5, 5.41) is 7.65. The summed E-state index contributed by atoms with van der Waals surface area (Å²) >= 11 is 0. The highest BCUT2D eigenvalue weighted by atomic mass is 16.1. The van der Waals surface area contributed by atoms with E-state index in [4.69, 9.17) is 0 Å². The molecule has 0 atom stereocenters. The smallest absolute Gasteiger partial charge is 0.295 e. The van der Waals surface area contributed by atoms with Crippen molar-refractivity contribution in [3.8, 4) is 22.5 Å². The molecule has 1 N–H and O–H groups in total. The normalized spacial score (nSPS) is 11.0. The fraction of sp³-hybridized carbons (Fsp3) is 0.0588. The van der Waals surface area contributed by atoms with E-state index in [1.165, 1.54) is 0 Å². The summed E-state index contributed by atoms with van der Waals surface area (Å²) in [6, 6.07) is 13.6. The van der Waals surface area contributed by atoms with Crippen molar-refractivity contribution < 1.29 is 0 Å². The van der Waals surface area contributed by atoms with Gasteiger partial charge in [-0.2, -0.15) is 10.1 Å². The Morgan fingerprint density at radius 1 is 1.04 bits per heavy atom. The van der Waals surface area contributed by atoms with Crippen LogP contribution in [-0.2, 0) is 7.05 Å². The topological polar surface area (TPSA) is 76.5 Å². The zero-order chi connectivity index (χ0) is 15.8. The average Bonchev–Trinajstić information content (AvgIpc) is 3.05. The Hall–Kier alpha value is -3.28. The molecule has 0 radical (unpaired) electrons. The summed E-state index contributed by atoms with van der Waals surface area (Å²) < 4.78 is 1.54. The van der Waals surface area contributed by atoms with Crippen molar-refractivity contribution in [2.24, 2.45) is 7.05 Å². The number of H-pyrrole nitrogens is 1. The van der Waals surface area contributed by atoms with Crippen LogP contribution < -0.4 is 5.69 Å². The Balaban J connectivity index is 1.92. The quantitative estimate of drug-likeness (QED) is 0.617. The minimum absolute atomic E-state index is 0.298. The molecule has 0 aliphatic carbocycles. The first-order valence-electron chi connectivity index (χ1n) is 7.15. The minimum Gasteiger partial charge on any atom is -0.295 e. The van der Waals surface area contributed by atoms with Gasteiger partial charge in [-0.25, -0.2) is 9.78 Å². The molecule has 3 heterocycles. The van der Waals surface area contributed by atoms with Crippen molar-refractivity contribution in [2.75, 3.05) is 0 Å². The van der Waals surface area contributed by atoms with Gasteiger partial charge in [-0.1, -0.05) is 30.3 Å². The second-order valence-electron chi connectivity index (χ2n) is 5.27. The standard InChI is InChI=1S/C17H13N5O/c1-22-15(11-5-3-2-4-6-11)8-14(20-17(22)23)12-7-13-10-19-21-16(13)18-9-12/h2-10H,1H3,(H,18,19,21). The SMILES string of the molecule is Cn1c(-c2ccccc2)cc(-c2cnc3[nH]ncc3c2)nc1=O. The minimum atomic E-state index is -0.298. The van der Waals surface area contributed by atoms with Gasteiger partial charge < -0.3 is 0 Å². The molecule has 0 saturated carbocycles. The van der Waals surface area contributed by atoms with Crippen LogP contribution in [0, 0.1) is 0 Å². The molecule has 0 bridgehead atoms. The van der Waals surface area contributed by atoms with Gasteiger partial charge in [0.25, 0.3) is 0 Å². The van der Waals surface area contributed by atoms with Crippen molar-refractivity contribution >= 4 is 11.0 Å². The van der Waals surface area contributed by atoms with Crippen molar-refractivity contribution in [2.45, 2.75) is 0 Å². The molecule has 23 heavy (non-hydrogen) atoms. The summed E-state index contributed by atoms with van der Waals surface area (Å²) in [5.74, 6) is 0. The number of aromatic nitrogens is 5. The molecule has 1 aromatic carbocycles. The molecule has 0 amide bonds. The maximum atomic E-state index is 12.2. The zero-order valence-corrected chi connectivity index (χ0v) is 12.4. The van der Waals surface area contributed by atoms with Crippen LogP contribution in [0.4, 0.5) is 0 Å². The highest BCUT2D eigenvalue weighted by molar-refractivity contribution is 5.80. The number of pyridine rings is 1. The number of aromatic amines is 1. The van der Waals surface area contributed by atoms with E-state index >= 15 is 0 Å². The number of nitrogens with zero attached hydrogens (tertiary/aromatic N) is 4. The summed E-state index contributed by atoms with van der Waals surface area (Å²) in [7, 11) is 1.72. The predicted octanol–water partition coefficient (Wildman–Crippen LogP) is 2.39. The molecule has 0 fully saturated rings. The van der Waals surface area contributed by atoms with Gasteiger partial charge in [-0.05, 0) is 17.7 Å². The van der Waals surface area contributed by atoms with E-state index in [0.29, 0.717) is 11.3 Å². The summed E-state index contributed by atoms with van der Waals surface area (Å²) in [6.45, 7) is 0. The molecule has 0 aliphatic rings. The molecule has 4 rings (SSSR count). The average molecular weight is 303 g/mol. The van der Waals surface area contributed by atoms with Gasteiger partial charge in [-0.3, -0.25) is 9.67 Å². The van der Waals surface area contributed by atoms with E-state index in [1.54, 1.807) is 24.0 Å². The molecule has 112 valence electrons. The van der Waals surface area contributed by atoms with E-state index in [0.717, 1.165) is 22.2 Å². The molecule has 0 unspecified atom stereocenters. The first-order valence-corrected chi connectivity index (χ1v) is 7.15. The number of benzene rings is 1. The maximum absolute atomic E-state index is 12.2. The third-order valence-electron chi connectivity index (χ3n) is 3.79. The lowest BCUT2D eigenvalue weighted by molar-refractivity contribution is 0.822. The third-order valence-corrected chi connectivity index (χ3v) is 3.79. The lowest BCUT2D eigenvalue weighted by Crippen LogP contribution is -2.22. The molecule has 6 heteroatoms. The summed E-state index contributed by atoms with van der Waals surface area (Å²) in [4.78, 5) is 20.7. The second kappa shape index (κ2) is 5.17. The van der Waals surface area contributed by atoms with Gasteiger partial charge in [-0.15, -0.1) is 0 Å². The van der Waals surface area contributed by atoms with E-state index in [1.807, 2.05) is 42.5 Å². The van der Waals surface area contributed by atoms with E-state index < -0.39 is 0 Å². The predicted molar refractivity (Wildman–Crippen MR) is 87.8 cm³/mol. The molecular formula is C17H13N5O. The summed E-state index contributed by atoms with van der Waals surface area (Å²) in [6.07, 6.45) is 3.39. The Morgan fingerprint density at radius 3 is 2.70 bits per heavy atom. The van der Waals surface area contributed by atoms with Gasteiger partial charge in [0.05, 0.1) is 17.6 Å². The van der Waals surface area contributed by atoms with Crippen LogP contribution in [-0.4, -0.2) is 24.7 Å². The van der Waals surface area contributed by atoms with Crippen LogP contribution in [0.3, 0.4) is 0 Å². The van der Waals surface area contributed by atoms with E-state index in [-0.39, 0.29) is 5.69 Å². The number of nitrogens with one attached hydrogen (secondary N) is 1.